The fourth-order valence-electron chi connectivity index (χ4n) is 5.03. The second-order valence-electron chi connectivity index (χ2n) is 9.73. The standard InChI is InChI=1S/C27H24ClFN4O6S/c1-40(38,39)20-4-2-3-19(13-20)32-24-22(12-16(29)14-30-24)26(36)33(27(32)37)18-8-6-17(7-9-18)31-25(35)21-10-5-15(28)11-23(21)34/h2-5,10-14,17-18,34H,6-9H2,1H3,(H,31,35). The van der Waals surface area contributed by atoms with Crippen LogP contribution in [0.2, 0.25) is 5.02 Å². The number of nitrogens with one attached hydrogen (secondary N) is 1. The highest BCUT2D eigenvalue weighted by Gasteiger charge is 2.28. The van der Waals surface area contributed by atoms with Crippen molar-refractivity contribution in [3.8, 4) is 11.4 Å². The fourth-order valence-corrected chi connectivity index (χ4v) is 5.86. The highest BCUT2D eigenvalue weighted by atomic mass is 35.5. The first kappa shape index (κ1) is 27.5. The maximum Gasteiger partial charge on any atom is 0.337 e. The molecule has 1 saturated carbocycles. The van der Waals surface area contributed by atoms with E-state index in [4.69, 9.17) is 11.6 Å². The number of carbonyl (C=O) groups is 1. The van der Waals surface area contributed by atoms with E-state index in [0.29, 0.717) is 30.7 Å². The van der Waals surface area contributed by atoms with Crippen LogP contribution < -0.4 is 16.6 Å². The number of phenolic OH excluding ortho intramolecular Hbond substituents is 1. The predicted molar refractivity (Wildman–Crippen MR) is 147 cm³/mol. The molecular formula is C27H24ClFN4O6S. The molecule has 1 fully saturated rings. The molecule has 208 valence electrons. The third-order valence-electron chi connectivity index (χ3n) is 7.00. The van der Waals surface area contributed by atoms with Gasteiger partial charge in [-0.2, -0.15) is 0 Å². The topological polar surface area (TPSA) is 140 Å². The summed E-state index contributed by atoms with van der Waals surface area (Å²) in [6.07, 6.45) is 3.48. The first-order valence-electron chi connectivity index (χ1n) is 12.4. The Labute approximate surface area is 232 Å². The van der Waals surface area contributed by atoms with Gasteiger partial charge in [-0.25, -0.2) is 27.2 Å². The number of pyridine rings is 1. The second-order valence-corrected chi connectivity index (χ2v) is 12.2. The molecule has 5 rings (SSSR count). The third kappa shape index (κ3) is 5.24. The zero-order chi connectivity index (χ0) is 28.8. The van der Waals surface area contributed by atoms with Gasteiger partial charge >= 0.3 is 5.69 Å². The van der Waals surface area contributed by atoms with Gasteiger partial charge in [-0.3, -0.25) is 14.2 Å². The average Bonchev–Trinajstić information content (AvgIpc) is 2.90. The molecule has 0 bridgehead atoms. The SMILES string of the molecule is CS(=O)(=O)c1cccc(-n2c(=O)n(C3CCC(NC(=O)c4ccc(Cl)cc4O)CC3)c(=O)c3cc(F)cnc32)c1. The van der Waals surface area contributed by atoms with Crippen LogP contribution >= 0.6 is 11.6 Å². The number of amides is 1. The number of rotatable bonds is 5. The maximum atomic E-state index is 14.2. The summed E-state index contributed by atoms with van der Waals surface area (Å²) in [5.41, 5.74) is -1.30. The Morgan fingerprint density at radius 2 is 1.82 bits per heavy atom. The van der Waals surface area contributed by atoms with Crippen molar-refractivity contribution < 1.29 is 22.7 Å². The molecule has 0 unspecified atom stereocenters. The third-order valence-corrected chi connectivity index (χ3v) is 8.34. The minimum absolute atomic E-state index is 0.0344. The molecule has 2 aromatic heterocycles. The van der Waals surface area contributed by atoms with Crippen LogP contribution in [0.4, 0.5) is 4.39 Å². The van der Waals surface area contributed by atoms with E-state index in [0.717, 1.165) is 27.7 Å². The molecule has 10 nitrogen and oxygen atoms in total. The van der Waals surface area contributed by atoms with Crippen LogP contribution in [0.25, 0.3) is 16.7 Å². The Morgan fingerprint density at radius 1 is 1.10 bits per heavy atom. The number of halogens is 2. The molecule has 1 aliphatic carbocycles. The number of nitrogens with zero attached hydrogens (tertiary/aromatic N) is 3. The summed E-state index contributed by atoms with van der Waals surface area (Å²) in [4.78, 5) is 43.9. The van der Waals surface area contributed by atoms with Crippen molar-refractivity contribution in [1.82, 2.24) is 19.4 Å². The molecular weight excluding hydrogens is 563 g/mol. The van der Waals surface area contributed by atoms with Gasteiger partial charge < -0.3 is 10.4 Å². The van der Waals surface area contributed by atoms with Crippen molar-refractivity contribution in [3.63, 3.8) is 0 Å². The van der Waals surface area contributed by atoms with Crippen molar-refractivity contribution in [1.29, 1.82) is 0 Å². The van der Waals surface area contributed by atoms with Crippen LogP contribution in [0.5, 0.6) is 5.75 Å². The molecule has 0 radical (unpaired) electrons. The highest BCUT2D eigenvalue weighted by Crippen LogP contribution is 2.29. The second kappa shape index (κ2) is 10.5. The summed E-state index contributed by atoms with van der Waals surface area (Å²) in [6, 6.07) is 10.0. The lowest BCUT2D eigenvalue weighted by Crippen LogP contribution is -2.45. The number of hydrogen-bond acceptors (Lipinski definition) is 7. The number of carbonyl (C=O) groups excluding carboxylic acids is 1. The average molecular weight is 587 g/mol. The van der Waals surface area contributed by atoms with Crippen LogP contribution in [0.3, 0.4) is 0 Å². The number of aromatic hydroxyl groups is 1. The largest absolute Gasteiger partial charge is 0.507 e. The van der Waals surface area contributed by atoms with Gasteiger partial charge in [0.05, 0.1) is 27.7 Å². The minimum atomic E-state index is -3.61. The van der Waals surface area contributed by atoms with E-state index in [2.05, 4.69) is 10.3 Å². The first-order chi connectivity index (χ1) is 18.9. The van der Waals surface area contributed by atoms with E-state index in [-0.39, 0.29) is 39.0 Å². The molecule has 0 saturated heterocycles. The van der Waals surface area contributed by atoms with Gasteiger partial charge in [0, 0.05) is 23.4 Å². The predicted octanol–water partition coefficient (Wildman–Crippen LogP) is 3.36. The summed E-state index contributed by atoms with van der Waals surface area (Å²) in [5.74, 6) is -1.49. The Bertz CT molecular complexity index is 1880. The van der Waals surface area contributed by atoms with Gasteiger partial charge in [0.2, 0.25) is 0 Å². The Hall–Kier alpha value is -4.03. The van der Waals surface area contributed by atoms with Crippen molar-refractivity contribution in [2.45, 2.75) is 42.7 Å². The number of sulfone groups is 1. The maximum absolute atomic E-state index is 14.2. The lowest BCUT2D eigenvalue weighted by molar-refractivity contribution is 0.0919. The Kier molecular flexibility index (Phi) is 7.23. The van der Waals surface area contributed by atoms with Crippen LogP contribution in [0.1, 0.15) is 42.1 Å². The van der Waals surface area contributed by atoms with E-state index in [1.807, 2.05) is 0 Å². The molecule has 40 heavy (non-hydrogen) atoms. The highest BCUT2D eigenvalue weighted by molar-refractivity contribution is 7.90. The zero-order valence-electron chi connectivity index (χ0n) is 21.2. The zero-order valence-corrected chi connectivity index (χ0v) is 22.7. The lowest BCUT2D eigenvalue weighted by atomic mass is 9.90. The van der Waals surface area contributed by atoms with Crippen LogP contribution in [-0.4, -0.2) is 45.8 Å². The normalized spacial score (nSPS) is 17.6. The molecule has 1 amide bonds. The minimum Gasteiger partial charge on any atom is -0.507 e. The van der Waals surface area contributed by atoms with Crippen molar-refractivity contribution in [2.75, 3.05) is 6.26 Å². The number of phenols is 1. The number of benzene rings is 2. The number of aromatic nitrogens is 3. The molecule has 0 spiro atoms. The van der Waals surface area contributed by atoms with E-state index >= 15 is 0 Å². The Balaban J connectivity index is 1.50. The van der Waals surface area contributed by atoms with E-state index in [9.17, 15) is 32.3 Å². The molecule has 4 aromatic rings. The van der Waals surface area contributed by atoms with Gasteiger partial charge in [-0.1, -0.05) is 17.7 Å². The summed E-state index contributed by atoms with van der Waals surface area (Å²) < 4.78 is 40.6. The fraction of sp³-hybridized carbons (Fsp3) is 0.259. The van der Waals surface area contributed by atoms with E-state index in [1.165, 1.54) is 42.5 Å². The number of fused-ring (bicyclic) bond motifs is 1. The van der Waals surface area contributed by atoms with Crippen molar-refractivity contribution in [3.05, 3.63) is 92.0 Å². The summed E-state index contributed by atoms with van der Waals surface area (Å²) in [6.45, 7) is 0. The summed E-state index contributed by atoms with van der Waals surface area (Å²) in [7, 11) is -3.61. The molecule has 13 heteroatoms. The lowest BCUT2D eigenvalue weighted by Gasteiger charge is -2.30. The molecule has 2 aromatic carbocycles. The van der Waals surface area contributed by atoms with Gasteiger partial charge in [0.15, 0.2) is 15.5 Å². The summed E-state index contributed by atoms with van der Waals surface area (Å²) in [5, 5.41) is 13.1. The molecule has 2 N–H and O–H groups in total. The smallest absolute Gasteiger partial charge is 0.337 e. The molecule has 1 aliphatic rings. The van der Waals surface area contributed by atoms with Gasteiger partial charge in [0.1, 0.15) is 11.6 Å². The monoisotopic (exact) mass is 586 g/mol. The summed E-state index contributed by atoms with van der Waals surface area (Å²) >= 11 is 5.84. The van der Waals surface area contributed by atoms with E-state index in [1.54, 1.807) is 0 Å². The van der Waals surface area contributed by atoms with Crippen molar-refractivity contribution >= 4 is 38.4 Å². The van der Waals surface area contributed by atoms with Gasteiger partial charge in [0.25, 0.3) is 11.5 Å². The van der Waals surface area contributed by atoms with Crippen molar-refractivity contribution in [2.24, 2.45) is 0 Å². The first-order valence-corrected chi connectivity index (χ1v) is 14.6. The van der Waals surface area contributed by atoms with E-state index < -0.39 is 38.9 Å². The van der Waals surface area contributed by atoms with Gasteiger partial charge in [-0.15, -0.1) is 0 Å². The van der Waals surface area contributed by atoms with Crippen LogP contribution in [-0.2, 0) is 9.84 Å². The quantitative estimate of drug-likeness (QED) is 0.365. The van der Waals surface area contributed by atoms with Crippen LogP contribution in [0.15, 0.2) is 69.2 Å². The molecule has 0 aliphatic heterocycles. The van der Waals surface area contributed by atoms with Gasteiger partial charge in [-0.05, 0) is 68.1 Å². The molecule has 0 atom stereocenters. The molecule has 2 heterocycles. The number of hydrogen-bond donors (Lipinski definition) is 2. The van der Waals surface area contributed by atoms with Crippen LogP contribution in [0, 0.1) is 5.82 Å². The Morgan fingerprint density at radius 3 is 2.50 bits per heavy atom.